The zero-order valence-electron chi connectivity index (χ0n) is 16.9. The van der Waals surface area contributed by atoms with Crippen LogP contribution in [0.1, 0.15) is 33.7 Å². The van der Waals surface area contributed by atoms with Crippen LogP contribution in [0.2, 0.25) is 0 Å². The van der Waals surface area contributed by atoms with Crippen LogP contribution in [0.3, 0.4) is 0 Å². The van der Waals surface area contributed by atoms with Gasteiger partial charge in [-0.2, -0.15) is 13.2 Å². The van der Waals surface area contributed by atoms with Gasteiger partial charge in [0.05, 0.1) is 16.1 Å². The number of thiazole rings is 1. The standard InChI is InChI=1S/C23H20F3NO3S/c1-13-12-19(10-6-16(13)7-11-20(28)29)30-15(3)21-14(2)27-22(31-21)17-4-8-18(9-5-17)23(24,25)26/h4-6,8-10,12H,3,7,11H2,1-2H3,(H,28,29). The summed E-state index contributed by atoms with van der Waals surface area (Å²) in [6.45, 7) is 7.64. The van der Waals surface area contributed by atoms with Gasteiger partial charge in [0.1, 0.15) is 16.5 Å². The van der Waals surface area contributed by atoms with E-state index in [1.807, 2.05) is 19.1 Å². The molecule has 3 rings (SSSR count). The lowest BCUT2D eigenvalue weighted by molar-refractivity contribution is -0.138. The number of aryl methyl sites for hydroxylation is 3. The molecule has 0 bridgehead atoms. The van der Waals surface area contributed by atoms with Crippen molar-refractivity contribution in [3.63, 3.8) is 0 Å². The number of rotatable bonds is 7. The third kappa shape index (κ3) is 5.52. The summed E-state index contributed by atoms with van der Waals surface area (Å²) in [7, 11) is 0. The van der Waals surface area contributed by atoms with Crippen molar-refractivity contribution in [3.8, 4) is 16.3 Å². The van der Waals surface area contributed by atoms with E-state index in [1.165, 1.54) is 23.5 Å². The minimum atomic E-state index is -4.38. The number of nitrogens with zero attached hydrogens (tertiary/aromatic N) is 1. The molecule has 1 N–H and O–H groups in total. The summed E-state index contributed by atoms with van der Waals surface area (Å²) in [6.07, 6.45) is -3.89. The van der Waals surface area contributed by atoms with Crippen LogP contribution >= 0.6 is 11.3 Å². The van der Waals surface area contributed by atoms with E-state index in [1.54, 1.807) is 13.0 Å². The van der Waals surface area contributed by atoms with E-state index in [0.29, 0.717) is 39.1 Å². The van der Waals surface area contributed by atoms with Crippen molar-refractivity contribution in [1.29, 1.82) is 0 Å². The van der Waals surface area contributed by atoms with Crippen molar-refractivity contribution in [1.82, 2.24) is 4.98 Å². The number of alkyl halides is 3. The molecule has 1 aromatic heterocycles. The van der Waals surface area contributed by atoms with Gasteiger partial charge in [-0.25, -0.2) is 4.98 Å². The predicted octanol–water partition coefficient (Wildman–Crippen LogP) is 6.51. The fraction of sp³-hybridized carbons (Fsp3) is 0.217. The Bertz CT molecular complexity index is 1120. The average molecular weight is 447 g/mol. The van der Waals surface area contributed by atoms with Gasteiger partial charge in [0.2, 0.25) is 0 Å². The second-order valence-electron chi connectivity index (χ2n) is 7.02. The Kier molecular flexibility index (Phi) is 6.50. The molecule has 2 aromatic carbocycles. The maximum absolute atomic E-state index is 12.8. The predicted molar refractivity (Wildman–Crippen MR) is 114 cm³/mol. The third-order valence-corrected chi connectivity index (χ3v) is 5.92. The quantitative estimate of drug-likeness (QED) is 0.419. The van der Waals surface area contributed by atoms with Gasteiger partial charge < -0.3 is 9.84 Å². The molecular formula is C23H20F3NO3S. The molecule has 3 aromatic rings. The number of aliphatic carboxylic acids is 1. The lowest BCUT2D eigenvalue weighted by Crippen LogP contribution is -2.03. The van der Waals surface area contributed by atoms with E-state index in [9.17, 15) is 18.0 Å². The van der Waals surface area contributed by atoms with Gasteiger partial charge >= 0.3 is 12.1 Å². The zero-order chi connectivity index (χ0) is 22.8. The third-order valence-electron chi connectivity index (χ3n) is 4.67. The first-order valence-corrected chi connectivity index (χ1v) is 10.2. The monoisotopic (exact) mass is 447 g/mol. The Morgan fingerprint density at radius 1 is 1.16 bits per heavy atom. The van der Waals surface area contributed by atoms with E-state index in [-0.39, 0.29) is 6.42 Å². The highest BCUT2D eigenvalue weighted by molar-refractivity contribution is 7.16. The van der Waals surface area contributed by atoms with Gasteiger partial charge in [0, 0.05) is 12.0 Å². The molecule has 0 amide bonds. The summed E-state index contributed by atoms with van der Waals surface area (Å²) in [5, 5.41) is 9.41. The van der Waals surface area contributed by atoms with Gasteiger partial charge in [-0.3, -0.25) is 4.79 Å². The van der Waals surface area contributed by atoms with Crippen molar-refractivity contribution in [3.05, 3.63) is 76.3 Å². The smallest absolute Gasteiger partial charge is 0.416 e. The van der Waals surface area contributed by atoms with Gasteiger partial charge in [-0.15, -0.1) is 11.3 Å². The maximum atomic E-state index is 12.8. The molecule has 1 heterocycles. The first kappa shape index (κ1) is 22.6. The molecule has 0 spiro atoms. The topological polar surface area (TPSA) is 59.4 Å². The highest BCUT2D eigenvalue weighted by atomic mass is 32.1. The SMILES string of the molecule is C=C(Oc1ccc(CCC(=O)O)c(C)c1)c1sc(-c2ccc(C(F)(F)F)cc2)nc1C. The highest BCUT2D eigenvalue weighted by Crippen LogP contribution is 2.35. The minimum absolute atomic E-state index is 0.0561. The molecule has 0 aliphatic heterocycles. The van der Waals surface area contributed by atoms with Crippen LogP contribution in [0.25, 0.3) is 16.3 Å². The fourth-order valence-electron chi connectivity index (χ4n) is 3.02. The zero-order valence-corrected chi connectivity index (χ0v) is 17.7. The van der Waals surface area contributed by atoms with Crippen LogP contribution in [0.4, 0.5) is 13.2 Å². The summed E-state index contributed by atoms with van der Waals surface area (Å²) in [4.78, 5) is 15.9. The molecule has 0 saturated carbocycles. The molecule has 0 radical (unpaired) electrons. The number of hydrogen-bond acceptors (Lipinski definition) is 4. The van der Waals surface area contributed by atoms with Crippen molar-refractivity contribution < 1.29 is 27.8 Å². The van der Waals surface area contributed by atoms with Crippen LogP contribution in [0.5, 0.6) is 5.75 Å². The second kappa shape index (κ2) is 8.93. The second-order valence-corrected chi connectivity index (χ2v) is 8.02. The summed E-state index contributed by atoms with van der Waals surface area (Å²) >= 11 is 1.29. The van der Waals surface area contributed by atoms with Crippen molar-refractivity contribution >= 4 is 23.1 Å². The molecular weight excluding hydrogens is 427 g/mol. The van der Waals surface area contributed by atoms with Crippen LogP contribution in [-0.2, 0) is 17.4 Å². The minimum Gasteiger partial charge on any atom is -0.481 e. The van der Waals surface area contributed by atoms with Gasteiger partial charge in [0.15, 0.2) is 0 Å². The number of carboxylic acids is 1. The van der Waals surface area contributed by atoms with E-state index in [2.05, 4.69) is 11.6 Å². The van der Waals surface area contributed by atoms with Crippen LogP contribution < -0.4 is 4.74 Å². The molecule has 0 fully saturated rings. The summed E-state index contributed by atoms with van der Waals surface area (Å²) in [5.41, 5.74) is 2.38. The van der Waals surface area contributed by atoms with E-state index < -0.39 is 17.7 Å². The lowest BCUT2D eigenvalue weighted by Gasteiger charge is -2.11. The van der Waals surface area contributed by atoms with E-state index >= 15 is 0 Å². The molecule has 31 heavy (non-hydrogen) atoms. The average Bonchev–Trinajstić information content (AvgIpc) is 3.08. The number of benzene rings is 2. The molecule has 162 valence electrons. The molecule has 4 nitrogen and oxygen atoms in total. The van der Waals surface area contributed by atoms with Crippen LogP contribution in [-0.4, -0.2) is 16.1 Å². The van der Waals surface area contributed by atoms with Crippen LogP contribution in [0, 0.1) is 13.8 Å². The molecule has 0 atom stereocenters. The number of carboxylic acid groups (broad SMARTS) is 1. The summed E-state index contributed by atoms with van der Waals surface area (Å²) in [5.74, 6) is 0.0916. The Morgan fingerprint density at radius 2 is 1.84 bits per heavy atom. The molecule has 0 unspecified atom stereocenters. The van der Waals surface area contributed by atoms with Gasteiger partial charge in [-0.05, 0) is 55.7 Å². The Morgan fingerprint density at radius 3 is 2.42 bits per heavy atom. The molecule has 8 heteroatoms. The lowest BCUT2D eigenvalue weighted by atomic mass is 10.0. The number of ether oxygens (including phenoxy) is 1. The van der Waals surface area contributed by atoms with E-state index in [0.717, 1.165) is 23.3 Å². The summed E-state index contributed by atoms with van der Waals surface area (Å²) in [6, 6.07) is 10.3. The van der Waals surface area contributed by atoms with Crippen LogP contribution in [0.15, 0.2) is 49.0 Å². The highest BCUT2D eigenvalue weighted by Gasteiger charge is 2.30. The van der Waals surface area contributed by atoms with Gasteiger partial charge in [0.25, 0.3) is 0 Å². The first-order valence-electron chi connectivity index (χ1n) is 9.38. The summed E-state index contributed by atoms with van der Waals surface area (Å²) < 4.78 is 44.2. The molecule has 0 saturated heterocycles. The number of hydrogen-bond donors (Lipinski definition) is 1. The largest absolute Gasteiger partial charge is 0.481 e. The van der Waals surface area contributed by atoms with Gasteiger partial charge in [-0.1, -0.05) is 24.8 Å². The Hall–Kier alpha value is -3.13. The molecule has 0 aliphatic rings. The number of aromatic nitrogens is 1. The number of carbonyl (C=O) groups is 1. The Balaban J connectivity index is 1.75. The molecule has 0 aliphatic carbocycles. The fourth-order valence-corrected chi connectivity index (χ4v) is 4.00. The Labute approximate surface area is 181 Å². The normalized spacial score (nSPS) is 11.4. The van der Waals surface area contributed by atoms with E-state index in [4.69, 9.17) is 9.84 Å². The number of halogens is 3. The van der Waals surface area contributed by atoms with Crippen molar-refractivity contribution in [2.75, 3.05) is 0 Å². The maximum Gasteiger partial charge on any atom is 0.416 e. The first-order chi connectivity index (χ1) is 14.5. The van der Waals surface area contributed by atoms with Crippen molar-refractivity contribution in [2.24, 2.45) is 0 Å². The van der Waals surface area contributed by atoms with Crippen molar-refractivity contribution in [2.45, 2.75) is 32.9 Å².